The first kappa shape index (κ1) is 9.19. The van der Waals surface area contributed by atoms with Crippen molar-refractivity contribution < 1.29 is 4.74 Å². The maximum absolute atomic E-state index is 6.16. The number of rotatable bonds is 2. The Morgan fingerprint density at radius 3 is 2.87 bits per heavy atom. The Balaban J connectivity index is 1.92. The van der Waals surface area contributed by atoms with Crippen molar-refractivity contribution in [3.63, 3.8) is 0 Å². The molecular formula is C12H16N2O. The minimum Gasteiger partial charge on any atom is -0.493 e. The van der Waals surface area contributed by atoms with Crippen LogP contribution in [-0.2, 0) is 6.42 Å². The van der Waals surface area contributed by atoms with E-state index in [1.807, 2.05) is 12.1 Å². The lowest BCUT2D eigenvalue weighted by Crippen LogP contribution is -2.36. The lowest BCUT2D eigenvalue weighted by atomic mass is 9.96. The Morgan fingerprint density at radius 2 is 2.13 bits per heavy atom. The number of hydrogen-bond acceptors (Lipinski definition) is 3. The lowest BCUT2D eigenvalue weighted by Gasteiger charge is -2.19. The van der Waals surface area contributed by atoms with Crippen molar-refractivity contribution in [2.24, 2.45) is 11.5 Å². The van der Waals surface area contributed by atoms with Crippen molar-refractivity contribution in [1.82, 2.24) is 0 Å². The highest BCUT2D eigenvalue weighted by molar-refractivity contribution is 5.42. The second kappa shape index (κ2) is 2.97. The molecule has 3 heteroatoms. The van der Waals surface area contributed by atoms with E-state index in [0.29, 0.717) is 0 Å². The third-order valence-corrected chi connectivity index (χ3v) is 3.52. The van der Waals surface area contributed by atoms with Crippen molar-refractivity contribution in [1.29, 1.82) is 0 Å². The van der Waals surface area contributed by atoms with Gasteiger partial charge in [0.05, 0.1) is 6.61 Å². The van der Waals surface area contributed by atoms with E-state index in [0.717, 1.165) is 37.2 Å². The molecule has 3 rings (SSSR count). The third-order valence-electron chi connectivity index (χ3n) is 3.52. The van der Waals surface area contributed by atoms with Gasteiger partial charge in [-0.1, -0.05) is 12.1 Å². The summed E-state index contributed by atoms with van der Waals surface area (Å²) in [7, 11) is 0. The lowest BCUT2D eigenvalue weighted by molar-refractivity contribution is 0.356. The maximum atomic E-state index is 6.16. The predicted octanol–water partition coefficient (Wildman–Crippen LogP) is 1.11. The van der Waals surface area contributed by atoms with Gasteiger partial charge >= 0.3 is 0 Å². The van der Waals surface area contributed by atoms with Gasteiger partial charge in [0.15, 0.2) is 0 Å². The Labute approximate surface area is 89.4 Å². The molecule has 0 amide bonds. The zero-order chi connectivity index (χ0) is 10.5. The van der Waals surface area contributed by atoms with Gasteiger partial charge in [-0.15, -0.1) is 0 Å². The molecule has 1 atom stereocenters. The molecule has 1 aliphatic heterocycles. The average Bonchev–Trinajstić information content (AvgIpc) is 2.82. The molecule has 80 valence electrons. The van der Waals surface area contributed by atoms with Crippen LogP contribution in [0.5, 0.6) is 5.75 Å². The van der Waals surface area contributed by atoms with Crippen LogP contribution >= 0.6 is 0 Å². The van der Waals surface area contributed by atoms with Crippen LogP contribution in [0.1, 0.15) is 30.0 Å². The monoisotopic (exact) mass is 204 g/mol. The molecule has 0 bridgehead atoms. The van der Waals surface area contributed by atoms with Gasteiger partial charge in [0.25, 0.3) is 0 Å². The molecule has 0 aromatic heterocycles. The highest BCUT2D eigenvalue weighted by Gasteiger charge is 2.44. The molecule has 1 aromatic rings. The normalized spacial score (nSPS) is 23.1. The van der Waals surface area contributed by atoms with Crippen molar-refractivity contribution in [2.45, 2.75) is 30.8 Å². The van der Waals surface area contributed by atoms with Gasteiger partial charge < -0.3 is 16.2 Å². The highest BCUT2D eigenvalue weighted by Crippen LogP contribution is 2.42. The molecule has 4 N–H and O–H groups in total. The van der Waals surface area contributed by atoms with Gasteiger partial charge in [-0.2, -0.15) is 0 Å². The van der Waals surface area contributed by atoms with Gasteiger partial charge in [-0.05, 0) is 30.0 Å². The molecule has 1 unspecified atom stereocenters. The van der Waals surface area contributed by atoms with Gasteiger partial charge in [0.2, 0.25) is 0 Å². The third kappa shape index (κ3) is 1.43. The van der Waals surface area contributed by atoms with Crippen molar-refractivity contribution in [3.8, 4) is 5.75 Å². The largest absolute Gasteiger partial charge is 0.493 e. The summed E-state index contributed by atoms with van der Waals surface area (Å²) in [6.07, 6.45) is 3.08. The Hall–Kier alpha value is -1.06. The van der Waals surface area contributed by atoms with Gasteiger partial charge in [-0.3, -0.25) is 0 Å². The quantitative estimate of drug-likeness (QED) is 0.758. The fourth-order valence-corrected chi connectivity index (χ4v) is 2.19. The number of nitrogens with two attached hydrogens (primary N) is 2. The number of fused-ring (bicyclic) bond motifs is 1. The minimum atomic E-state index is -0.145. The first-order valence-corrected chi connectivity index (χ1v) is 5.49. The van der Waals surface area contributed by atoms with Crippen molar-refractivity contribution in [3.05, 3.63) is 29.3 Å². The molecule has 0 saturated heterocycles. The molecule has 3 nitrogen and oxygen atoms in total. The molecule has 1 aliphatic carbocycles. The molecule has 0 radical (unpaired) electrons. The number of benzene rings is 1. The Kier molecular flexibility index (Phi) is 1.82. The van der Waals surface area contributed by atoms with E-state index in [4.69, 9.17) is 16.2 Å². The molecule has 1 heterocycles. The van der Waals surface area contributed by atoms with E-state index in [1.54, 1.807) is 0 Å². The molecule has 1 fully saturated rings. The summed E-state index contributed by atoms with van der Waals surface area (Å²) in [5, 5.41) is 0. The fourth-order valence-electron chi connectivity index (χ4n) is 2.19. The van der Waals surface area contributed by atoms with Crippen LogP contribution in [0.3, 0.4) is 0 Å². The minimum absolute atomic E-state index is 0.0246. The average molecular weight is 204 g/mol. The van der Waals surface area contributed by atoms with Gasteiger partial charge in [-0.25, -0.2) is 0 Å². The molecule has 1 saturated carbocycles. The number of ether oxygens (including phenoxy) is 1. The number of hydrogen-bond donors (Lipinski definition) is 2. The van der Waals surface area contributed by atoms with E-state index in [9.17, 15) is 0 Å². The van der Waals surface area contributed by atoms with Crippen molar-refractivity contribution in [2.75, 3.05) is 6.61 Å². The summed E-state index contributed by atoms with van der Waals surface area (Å²) in [5.74, 6) is 1.01. The molecule has 0 spiro atoms. The molecule has 1 aromatic carbocycles. The smallest absolute Gasteiger partial charge is 0.122 e. The summed E-state index contributed by atoms with van der Waals surface area (Å²) in [6, 6.07) is 6.19. The summed E-state index contributed by atoms with van der Waals surface area (Å²) in [5.41, 5.74) is 14.6. The van der Waals surface area contributed by atoms with Crippen molar-refractivity contribution >= 4 is 0 Å². The SMILES string of the molecule is NC(c1ccc2c(c1)CCO2)C1(N)CC1. The van der Waals surface area contributed by atoms with Crippen LogP contribution in [0.2, 0.25) is 0 Å². The summed E-state index contributed by atoms with van der Waals surface area (Å²) < 4.78 is 5.46. The van der Waals surface area contributed by atoms with Gasteiger partial charge in [0.1, 0.15) is 5.75 Å². The molecule has 15 heavy (non-hydrogen) atoms. The van der Waals surface area contributed by atoms with E-state index in [-0.39, 0.29) is 11.6 Å². The predicted molar refractivity (Wildman–Crippen MR) is 58.7 cm³/mol. The van der Waals surface area contributed by atoms with E-state index < -0.39 is 0 Å². The molecule has 2 aliphatic rings. The zero-order valence-corrected chi connectivity index (χ0v) is 8.70. The van der Waals surface area contributed by atoms with Crippen LogP contribution in [0.15, 0.2) is 18.2 Å². The van der Waals surface area contributed by atoms with E-state index in [1.165, 1.54) is 5.56 Å². The Bertz CT molecular complexity index is 399. The fraction of sp³-hybridized carbons (Fsp3) is 0.500. The zero-order valence-electron chi connectivity index (χ0n) is 8.70. The van der Waals surface area contributed by atoms with E-state index in [2.05, 4.69) is 6.07 Å². The Morgan fingerprint density at radius 1 is 1.33 bits per heavy atom. The summed E-state index contributed by atoms with van der Waals surface area (Å²) in [4.78, 5) is 0. The first-order chi connectivity index (χ1) is 7.19. The summed E-state index contributed by atoms with van der Waals surface area (Å²) in [6.45, 7) is 0.793. The van der Waals surface area contributed by atoms with Crippen LogP contribution in [0.25, 0.3) is 0 Å². The van der Waals surface area contributed by atoms with E-state index >= 15 is 0 Å². The molecular weight excluding hydrogens is 188 g/mol. The second-order valence-electron chi connectivity index (χ2n) is 4.68. The first-order valence-electron chi connectivity index (χ1n) is 5.49. The maximum Gasteiger partial charge on any atom is 0.122 e. The standard InChI is InChI=1S/C12H16N2O/c13-11(12(14)4-5-12)9-1-2-10-8(7-9)3-6-15-10/h1-2,7,11H,3-6,13-14H2. The van der Waals surface area contributed by atoms with Crippen LogP contribution in [-0.4, -0.2) is 12.1 Å². The highest BCUT2D eigenvalue weighted by atomic mass is 16.5. The topological polar surface area (TPSA) is 61.3 Å². The van der Waals surface area contributed by atoms with Crippen LogP contribution < -0.4 is 16.2 Å². The van der Waals surface area contributed by atoms with Crippen LogP contribution in [0.4, 0.5) is 0 Å². The van der Waals surface area contributed by atoms with Crippen LogP contribution in [0, 0.1) is 0 Å². The summed E-state index contributed by atoms with van der Waals surface area (Å²) >= 11 is 0. The second-order valence-corrected chi connectivity index (χ2v) is 4.68. The van der Waals surface area contributed by atoms with Gasteiger partial charge in [0, 0.05) is 18.0 Å².